The summed E-state index contributed by atoms with van der Waals surface area (Å²) in [5.74, 6) is 0.211. The van der Waals surface area contributed by atoms with E-state index in [0.29, 0.717) is 19.1 Å². The number of amides is 1. The van der Waals surface area contributed by atoms with Crippen LogP contribution in [0.25, 0.3) is 0 Å². The fraction of sp³-hybridized carbons (Fsp3) is 0.562. The molecule has 0 bridgehead atoms. The molecule has 0 saturated heterocycles. The maximum absolute atomic E-state index is 12.1. The number of carbonyl (C=O) groups is 1. The van der Waals surface area contributed by atoms with Crippen LogP contribution < -0.4 is 10.2 Å². The summed E-state index contributed by atoms with van der Waals surface area (Å²) in [6, 6.07) is 7.12. The quantitative estimate of drug-likeness (QED) is 0.772. The Morgan fingerprint density at radius 1 is 1.40 bits per heavy atom. The first-order chi connectivity index (χ1) is 9.78. The Kier molecular flexibility index (Phi) is 4.03. The van der Waals surface area contributed by atoms with Gasteiger partial charge in [-0.05, 0) is 36.5 Å². The molecule has 1 N–H and O–H groups in total. The van der Waals surface area contributed by atoms with Gasteiger partial charge in [0.05, 0.1) is 6.42 Å². The summed E-state index contributed by atoms with van der Waals surface area (Å²) in [7, 11) is 1.70. The number of ether oxygens (including phenoxy) is 1. The molecule has 1 fully saturated rings. The van der Waals surface area contributed by atoms with Gasteiger partial charge in [-0.1, -0.05) is 12.1 Å². The van der Waals surface area contributed by atoms with Gasteiger partial charge in [-0.15, -0.1) is 0 Å². The molecule has 0 unspecified atom stereocenters. The molecule has 0 aromatic heterocycles. The lowest BCUT2D eigenvalue weighted by molar-refractivity contribution is -0.117. The highest BCUT2D eigenvalue weighted by molar-refractivity contribution is 6.01. The van der Waals surface area contributed by atoms with Crippen LogP contribution in [0.15, 0.2) is 18.2 Å². The predicted molar refractivity (Wildman–Crippen MR) is 78.9 cm³/mol. The smallest absolute Gasteiger partial charge is 0.231 e. The van der Waals surface area contributed by atoms with Crippen molar-refractivity contribution >= 4 is 11.6 Å². The lowest BCUT2D eigenvalue weighted by Crippen LogP contribution is -2.28. The van der Waals surface area contributed by atoms with E-state index in [9.17, 15) is 4.79 Å². The highest BCUT2D eigenvalue weighted by Gasteiger charge is 2.27. The zero-order chi connectivity index (χ0) is 13.9. The first-order valence-electron chi connectivity index (χ1n) is 7.42. The molecule has 1 saturated carbocycles. The molecule has 2 aliphatic rings. The van der Waals surface area contributed by atoms with E-state index in [-0.39, 0.29) is 5.91 Å². The molecule has 0 spiro atoms. The number of anilines is 1. The SMILES string of the molecule is COCCCN1C(=O)Cc2ccc(CNC3CC3)cc21. The number of benzene rings is 1. The average Bonchev–Trinajstić information content (AvgIpc) is 3.22. The van der Waals surface area contributed by atoms with Gasteiger partial charge in [-0.2, -0.15) is 0 Å². The second-order valence-electron chi connectivity index (χ2n) is 5.69. The van der Waals surface area contributed by atoms with Crippen molar-refractivity contribution in [3.05, 3.63) is 29.3 Å². The highest BCUT2D eigenvalue weighted by Crippen LogP contribution is 2.30. The van der Waals surface area contributed by atoms with Crippen LogP contribution in [0.4, 0.5) is 5.69 Å². The molecule has 1 aliphatic carbocycles. The summed E-state index contributed by atoms with van der Waals surface area (Å²) >= 11 is 0. The van der Waals surface area contributed by atoms with Gasteiger partial charge in [0.1, 0.15) is 0 Å². The molecule has 0 atom stereocenters. The largest absolute Gasteiger partial charge is 0.385 e. The van der Waals surface area contributed by atoms with E-state index in [1.807, 2.05) is 4.90 Å². The molecule has 108 valence electrons. The number of rotatable bonds is 7. The molecular formula is C16H22N2O2. The van der Waals surface area contributed by atoms with Crippen molar-refractivity contribution in [3.8, 4) is 0 Å². The van der Waals surface area contributed by atoms with Gasteiger partial charge in [0.25, 0.3) is 0 Å². The van der Waals surface area contributed by atoms with Crippen LogP contribution in [0, 0.1) is 0 Å². The number of hydrogen-bond acceptors (Lipinski definition) is 3. The zero-order valence-corrected chi connectivity index (χ0v) is 12.0. The van der Waals surface area contributed by atoms with Crippen molar-refractivity contribution in [3.63, 3.8) is 0 Å². The first-order valence-corrected chi connectivity index (χ1v) is 7.42. The normalized spacial score (nSPS) is 17.6. The Hall–Kier alpha value is -1.39. The topological polar surface area (TPSA) is 41.6 Å². The second kappa shape index (κ2) is 5.94. The van der Waals surface area contributed by atoms with Crippen LogP contribution in [0.5, 0.6) is 0 Å². The van der Waals surface area contributed by atoms with Crippen molar-refractivity contribution in [2.75, 3.05) is 25.2 Å². The monoisotopic (exact) mass is 274 g/mol. The molecule has 4 nitrogen and oxygen atoms in total. The first kappa shape index (κ1) is 13.6. The molecule has 1 heterocycles. The standard InChI is InChI=1S/C16H22N2O2/c1-20-8-2-7-18-15-9-12(11-17-14-5-6-14)3-4-13(15)10-16(18)19/h3-4,9,14,17H,2,5-8,10-11H2,1H3. The summed E-state index contributed by atoms with van der Waals surface area (Å²) in [5, 5.41) is 3.52. The average molecular weight is 274 g/mol. The summed E-state index contributed by atoms with van der Waals surface area (Å²) in [5.41, 5.74) is 3.52. The van der Waals surface area contributed by atoms with Gasteiger partial charge >= 0.3 is 0 Å². The zero-order valence-electron chi connectivity index (χ0n) is 12.0. The van der Waals surface area contributed by atoms with Crippen molar-refractivity contribution in [2.24, 2.45) is 0 Å². The summed E-state index contributed by atoms with van der Waals surface area (Å²) in [4.78, 5) is 14.0. The number of fused-ring (bicyclic) bond motifs is 1. The maximum Gasteiger partial charge on any atom is 0.231 e. The summed E-state index contributed by atoms with van der Waals surface area (Å²) < 4.78 is 5.07. The third kappa shape index (κ3) is 3.02. The molecule has 1 aliphatic heterocycles. The number of hydrogen-bond donors (Lipinski definition) is 1. The van der Waals surface area contributed by atoms with Crippen molar-refractivity contribution < 1.29 is 9.53 Å². The van der Waals surface area contributed by atoms with Crippen LogP contribution >= 0.6 is 0 Å². The number of nitrogens with zero attached hydrogens (tertiary/aromatic N) is 1. The van der Waals surface area contributed by atoms with E-state index in [2.05, 4.69) is 23.5 Å². The molecule has 3 rings (SSSR count). The molecule has 1 aromatic carbocycles. The van der Waals surface area contributed by atoms with Crippen LogP contribution in [-0.4, -0.2) is 32.2 Å². The minimum atomic E-state index is 0.211. The predicted octanol–water partition coefficient (Wildman–Crippen LogP) is 1.86. The van der Waals surface area contributed by atoms with E-state index in [0.717, 1.165) is 30.8 Å². The van der Waals surface area contributed by atoms with Gasteiger partial charge in [-0.25, -0.2) is 0 Å². The van der Waals surface area contributed by atoms with E-state index >= 15 is 0 Å². The van der Waals surface area contributed by atoms with Crippen molar-refractivity contribution in [2.45, 2.75) is 38.3 Å². The van der Waals surface area contributed by atoms with E-state index in [4.69, 9.17) is 4.74 Å². The van der Waals surface area contributed by atoms with Gasteiger partial charge in [0.2, 0.25) is 5.91 Å². The second-order valence-corrected chi connectivity index (χ2v) is 5.69. The minimum Gasteiger partial charge on any atom is -0.385 e. The number of nitrogens with one attached hydrogen (secondary N) is 1. The molecule has 4 heteroatoms. The fourth-order valence-corrected chi connectivity index (χ4v) is 2.67. The molecule has 1 amide bonds. The molecular weight excluding hydrogens is 252 g/mol. The fourth-order valence-electron chi connectivity index (χ4n) is 2.67. The van der Waals surface area contributed by atoms with Gasteiger partial charge < -0.3 is 15.0 Å². The Bertz CT molecular complexity index is 497. The third-order valence-corrected chi connectivity index (χ3v) is 3.99. The van der Waals surface area contributed by atoms with Crippen LogP contribution in [0.3, 0.4) is 0 Å². The van der Waals surface area contributed by atoms with E-state index in [1.165, 1.54) is 18.4 Å². The minimum absolute atomic E-state index is 0.211. The van der Waals surface area contributed by atoms with Gasteiger partial charge in [0.15, 0.2) is 0 Å². The number of methoxy groups -OCH3 is 1. The number of carbonyl (C=O) groups excluding carboxylic acids is 1. The van der Waals surface area contributed by atoms with Crippen molar-refractivity contribution in [1.29, 1.82) is 0 Å². The highest BCUT2D eigenvalue weighted by atomic mass is 16.5. The Morgan fingerprint density at radius 2 is 2.25 bits per heavy atom. The van der Waals surface area contributed by atoms with E-state index in [1.54, 1.807) is 7.11 Å². The Morgan fingerprint density at radius 3 is 3.00 bits per heavy atom. The van der Waals surface area contributed by atoms with Crippen LogP contribution in [0.1, 0.15) is 30.4 Å². The molecule has 0 radical (unpaired) electrons. The Balaban J connectivity index is 1.68. The molecule has 1 aromatic rings. The van der Waals surface area contributed by atoms with Crippen LogP contribution in [0.2, 0.25) is 0 Å². The lowest BCUT2D eigenvalue weighted by Gasteiger charge is -2.18. The summed E-state index contributed by atoms with van der Waals surface area (Å²) in [6.45, 7) is 2.35. The summed E-state index contributed by atoms with van der Waals surface area (Å²) in [6.07, 6.45) is 4.02. The maximum atomic E-state index is 12.1. The lowest BCUT2D eigenvalue weighted by atomic mass is 10.1. The van der Waals surface area contributed by atoms with Crippen LogP contribution in [-0.2, 0) is 22.5 Å². The third-order valence-electron chi connectivity index (χ3n) is 3.99. The van der Waals surface area contributed by atoms with Gasteiger partial charge in [0, 0.05) is 38.5 Å². The Labute approximate surface area is 120 Å². The van der Waals surface area contributed by atoms with Crippen molar-refractivity contribution in [1.82, 2.24) is 5.32 Å². The molecule has 20 heavy (non-hydrogen) atoms. The van der Waals surface area contributed by atoms with Gasteiger partial charge in [-0.3, -0.25) is 4.79 Å². The van der Waals surface area contributed by atoms with E-state index < -0.39 is 0 Å².